The number of hydrogen-bond donors (Lipinski definition) is 0. The highest BCUT2D eigenvalue weighted by molar-refractivity contribution is 5.75. The maximum Gasteiger partial charge on any atom is 0.390 e. The van der Waals surface area contributed by atoms with Gasteiger partial charge in [0.05, 0.1) is 17.5 Å². The van der Waals surface area contributed by atoms with Crippen LogP contribution < -0.4 is 0 Å². The van der Waals surface area contributed by atoms with Gasteiger partial charge in [-0.05, 0) is 12.1 Å². The summed E-state index contributed by atoms with van der Waals surface area (Å²) in [6, 6.07) is 6.39. The quantitative estimate of drug-likeness (QED) is 0.727. The molecule has 0 radical (unpaired) electrons. The van der Waals surface area contributed by atoms with Crippen LogP contribution in [0.4, 0.5) is 17.6 Å². The summed E-state index contributed by atoms with van der Waals surface area (Å²) in [7, 11) is 0. The molecule has 2 rings (SSSR count). The highest BCUT2D eigenvalue weighted by Crippen LogP contribution is 2.22. The third-order valence-electron chi connectivity index (χ3n) is 2.23. The van der Waals surface area contributed by atoms with Gasteiger partial charge in [-0.2, -0.15) is 17.6 Å². The van der Waals surface area contributed by atoms with Crippen molar-refractivity contribution in [2.45, 2.75) is 19.1 Å². The van der Waals surface area contributed by atoms with Crippen molar-refractivity contribution in [3.8, 4) is 0 Å². The number of benzene rings is 1. The van der Waals surface area contributed by atoms with E-state index >= 15 is 0 Å². The van der Waals surface area contributed by atoms with E-state index in [9.17, 15) is 17.6 Å². The molecule has 0 aliphatic rings. The van der Waals surface area contributed by atoms with Crippen molar-refractivity contribution in [3.63, 3.8) is 0 Å². The van der Waals surface area contributed by atoms with Gasteiger partial charge in [-0.25, -0.2) is 4.98 Å². The average molecular weight is 232 g/mol. The molecule has 1 aromatic carbocycles. The van der Waals surface area contributed by atoms with Crippen molar-refractivity contribution in [2.75, 3.05) is 0 Å². The number of aromatic nitrogens is 2. The molecule has 1 heterocycles. The lowest BCUT2D eigenvalue weighted by Gasteiger charge is -2.07. The van der Waals surface area contributed by atoms with E-state index in [0.29, 0.717) is 11.0 Å². The molecule has 0 saturated heterocycles. The zero-order valence-corrected chi connectivity index (χ0v) is 8.13. The normalized spacial score (nSPS) is 12.2. The third-order valence-corrected chi connectivity index (χ3v) is 2.23. The number of imidazole rings is 1. The summed E-state index contributed by atoms with van der Waals surface area (Å²) < 4.78 is 50.3. The molecular weight excluding hydrogens is 224 g/mol. The molecule has 2 aromatic rings. The second-order valence-corrected chi connectivity index (χ2v) is 3.39. The summed E-state index contributed by atoms with van der Waals surface area (Å²) in [5, 5.41) is 0. The van der Waals surface area contributed by atoms with Crippen LogP contribution in [-0.2, 0) is 6.54 Å². The van der Waals surface area contributed by atoms with Gasteiger partial charge in [-0.1, -0.05) is 12.1 Å². The average Bonchev–Trinajstić information content (AvgIpc) is 2.49. The lowest BCUT2D eigenvalue weighted by Crippen LogP contribution is -2.13. The predicted octanol–water partition coefficient (Wildman–Crippen LogP) is 3.13. The summed E-state index contributed by atoms with van der Waals surface area (Å²) >= 11 is 0. The number of halogens is 4. The maximum atomic E-state index is 13.3. The van der Waals surface area contributed by atoms with Crippen LogP contribution in [-0.4, -0.2) is 15.7 Å². The van der Waals surface area contributed by atoms with Crippen LogP contribution in [0.15, 0.2) is 24.3 Å². The van der Waals surface area contributed by atoms with Gasteiger partial charge in [-0.15, -0.1) is 0 Å². The molecule has 0 spiro atoms. The van der Waals surface area contributed by atoms with E-state index in [4.69, 9.17) is 0 Å². The van der Waals surface area contributed by atoms with Gasteiger partial charge in [0.25, 0.3) is 6.08 Å². The number of nitrogens with zero attached hydrogens (tertiary/aromatic N) is 2. The molecule has 2 nitrogen and oxygen atoms in total. The number of rotatable bonds is 2. The van der Waals surface area contributed by atoms with Crippen molar-refractivity contribution in [3.05, 3.63) is 30.3 Å². The molecule has 1 aromatic heterocycles. The molecule has 0 amide bonds. The zero-order valence-electron chi connectivity index (χ0n) is 8.13. The molecule has 0 saturated carbocycles. The lowest BCUT2D eigenvalue weighted by atomic mass is 10.3. The molecule has 0 N–H and O–H groups in total. The fraction of sp³-hybridized carbons (Fsp3) is 0.300. The SMILES string of the molecule is Fc1nc2ccccc2n1CCC(F)(F)F. The first-order valence-corrected chi connectivity index (χ1v) is 4.65. The summed E-state index contributed by atoms with van der Waals surface area (Å²) in [5.74, 6) is 0. The van der Waals surface area contributed by atoms with Crippen LogP contribution in [0.25, 0.3) is 11.0 Å². The Kier molecular flexibility index (Phi) is 2.57. The number of alkyl halides is 3. The highest BCUT2D eigenvalue weighted by Gasteiger charge is 2.27. The Morgan fingerprint density at radius 3 is 2.56 bits per heavy atom. The Hall–Kier alpha value is -1.59. The van der Waals surface area contributed by atoms with Gasteiger partial charge in [0, 0.05) is 6.54 Å². The molecule has 16 heavy (non-hydrogen) atoms. The van der Waals surface area contributed by atoms with Crippen LogP contribution in [0.1, 0.15) is 6.42 Å². The van der Waals surface area contributed by atoms with E-state index in [0.717, 1.165) is 4.57 Å². The highest BCUT2D eigenvalue weighted by atomic mass is 19.4. The van der Waals surface area contributed by atoms with Crippen molar-refractivity contribution >= 4 is 11.0 Å². The van der Waals surface area contributed by atoms with Gasteiger partial charge in [-0.3, -0.25) is 4.57 Å². The fourth-order valence-electron chi connectivity index (χ4n) is 1.50. The molecule has 0 fully saturated rings. The minimum absolute atomic E-state index is 0.363. The Bertz CT molecular complexity index is 501. The van der Waals surface area contributed by atoms with Gasteiger partial charge in [0.1, 0.15) is 0 Å². The van der Waals surface area contributed by atoms with Crippen LogP contribution >= 0.6 is 0 Å². The van der Waals surface area contributed by atoms with Gasteiger partial charge in [0.15, 0.2) is 0 Å². The van der Waals surface area contributed by atoms with Gasteiger partial charge in [0.2, 0.25) is 0 Å². The lowest BCUT2D eigenvalue weighted by molar-refractivity contribution is -0.136. The Labute approximate surface area is 88.5 Å². The molecule has 0 atom stereocenters. The van der Waals surface area contributed by atoms with E-state index in [2.05, 4.69) is 4.98 Å². The Morgan fingerprint density at radius 2 is 1.88 bits per heavy atom. The molecule has 0 aliphatic heterocycles. The molecule has 0 unspecified atom stereocenters. The standard InChI is InChI=1S/C10H8F4N2/c11-9-15-7-3-1-2-4-8(7)16(9)6-5-10(12,13)14/h1-4H,5-6H2. The summed E-state index contributed by atoms with van der Waals surface area (Å²) in [5.41, 5.74) is 0.742. The van der Waals surface area contributed by atoms with Crippen LogP contribution in [0.2, 0.25) is 0 Å². The van der Waals surface area contributed by atoms with Crippen LogP contribution in [0.3, 0.4) is 0 Å². The second-order valence-electron chi connectivity index (χ2n) is 3.39. The van der Waals surface area contributed by atoms with E-state index in [1.807, 2.05) is 0 Å². The van der Waals surface area contributed by atoms with Gasteiger partial charge < -0.3 is 0 Å². The molecule has 0 aliphatic carbocycles. The minimum atomic E-state index is -4.29. The van der Waals surface area contributed by atoms with E-state index in [1.165, 1.54) is 0 Å². The molecule has 86 valence electrons. The maximum absolute atomic E-state index is 13.3. The van der Waals surface area contributed by atoms with E-state index in [1.54, 1.807) is 24.3 Å². The Morgan fingerprint density at radius 1 is 1.19 bits per heavy atom. The van der Waals surface area contributed by atoms with E-state index in [-0.39, 0.29) is 0 Å². The van der Waals surface area contributed by atoms with E-state index < -0.39 is 25.2 Å². The summed E-state index contributed by atoms with van der Waals surface area (Å²) in [6.07, 6.45) is -6.24. The second kappa shape index (κ2) is 3.77. The molecular formula is C10H8F4N2. The number of hydrogen-bond acceptors (Lipinski definition) is 1. The zero-order chi connectivity index (χ0) is 11.8. The van der Waals surface area contributed by atoms with Crippen molar-refractivity contribution < 1.29 is 17.6 Å². The van der Waals surface area contributed by atoms with Gasteiger partial charge >= 0.3 is 6.18 Å². The third kappa shape index (κ3) is 2.15. The van der Waals surface area contributed by atoms with Crippen molar-refractivity contribution in [2.24, 2.45) is 0 Å². The van der Waals surface area contributed by atoms with Crippen molar-refractivity contribution in [1.82, 2.24) is 9.55 Å². The number of aryl methyl sites for hydroxylation is 1. The summed E-state index contributed by atoms with van der Waals surface area (Å²) in [6.45, 7) is -0.449. The topological polar surface area (TPSA) is 17.8 Å². The minimum Gasteiger partial charge on any atom is -0.300 e. The predicted molar refractivity (Wildman–Crippen MR) is 50.4 cm³/mol. The van der Waals surface area contributed by atoms with Crippen molar-refractivity contribution in [1.29, 1.82) is 0 Å². The summed E-state index contributed by atoms with van der Waals surface area (Å²) in [4.78, 5) is 3.54. The van der Waals surface area contributed by atoms with Crippen LogP contribution in [0.5, 0.6) is 0 Å². The molecule has 0 bridgehead atoms. The number of para-hydroxylation sites is 2. The largest absolute Gasteiger partial charge is 0.390 e. The monoisotopic (exact) mass is 232 g/mol. The smallest absolute Gasteiger partial charge is 0.300 e. The Balaban J connectivity index is 2.33. The number of fused-ring (bicyclic) bond motifs is 1. The van der Waals surface area contributed by atoms with Crippen LogP contribution in [0, 0.1) is 6.08 Å². The first-order valence-electron chi connectivity index (χ1n) is 4.65. The first kappa shape index (κ1) is 10.9. The first-order chi connectivity index (χ1) is 7.47. The molecule has 6 heteroatoms. The fourth-order valence-corrected chi connectivity index (χ4v) is 1.50.